The predicted octanol–water partition coefficient (Wildman–Crippen LogP) is 5.77. The van der Waals surface area contributed by atoms with Gasteiger partial charge in [-0.15, -0.1) is 0 Å². The Bertz CT molecular complexity index is 1140. The maximum absolute atomic E-state index is 13.9. The molecule has 1 aliphatic carbocycles. The number of para-hydroxylation sites is 1. The molecule has 1 fully saturated rings. The molecule has 30 heavy (non-hydrogen) atoms. The molecule has 1 aromatic heterocycles. The number of ether oxygens (including phenoxy) is 1. The van der Waals surface area contributed by atoms with Crippen molar-refractivity contribution in [2.75, 3.05) is 0 Å². The van der Waals surface area contributed by atoms with E-state index in [-0.39, 0.29) is 29.5 Å². The third kappa shape index (κ3) is 3.36. The number of nitrogens with one attached hydrogen (secondary N) is 1. The number of aromatic nitrogens is 1. The van der Waals surface area contributed by atoms with Gasteiger partial charge in [-0.2, -0.15) is 0 Å². The van der Waals surface area contributed by atoms with Crippen molar-refractivity contribution in [1.29, 1.82) is 5.41 Å². The Morgan fingerprint density at radius 1 is 1.23 bits per heavy atom. The van der Waals surface area contributed by atoms with Crippen molar-refractivity contribution in [3.05, 3.63) is 65.1 Å². The first-order valence-electron chi connectivity index (χ1n) is 10.2. The van der Waals surface area contributed by atoms with E-state index in [2.05, 4.69) is 30.5 Å². The van der Waals surface area contributed by atoms with Gasteiger partial charge in [-0.3, -0.25) is 5.41 Å². The van der Waals surface area contributed by atoms with E-state index in [0.717, 1.165) is 24.0 Å². The molecule has 0 bridgehead atoms. The number of amides is 1. The summed E-state index contributed by atoms with van der Waals surface area (Å²) >= 11 is 0. The first-order chi connectivity index (χ1) is 14.3. The topological polar surface area (TPSA) is 81.1 Å². The number of nitrogens with two attached hydrogens (primary N) is 1. The van der Waals surface area contributed by atoms with Crippen LogP contribution in [0, 0.1) is 24.1 Å². The molecule has 6 heteroatoms. The Kier molecular flexibility index (Phi) is 5.10. The average molecular weight is 407 g/mol. The van der Waals surface area contributed by atoms with Crippen LogP contribution >= 0.6 is 0 Å². The molecule has 1 amide bonds. The van der Waals surface area contributed by atoms with Crippen LogP contribution in [-0.4, -0.2) is 16.6 Å². The van der Waals surface area contributed by atoms with Gasteiger partial charge in [0.1, 0.15) is 5.82 Å². The van der Waals surface area contributed by atoms with Crippen molar-refractivity contribution < 1.29 is 13.9 Å². The molecule has 2 aromatic carbocycles. The highest BCUT2D eigenvalue weighted by Crippen LogP contribution is 2.49. The quantitative estimate of drug-likeness (QED) is 0.425. The molecule has 0 radical (unpaired) electrons. The number of hydrogen-bond acceptors (Lipinski definition) is 3. The summed E-state index contributed by atoms with van der Waals surface area (Å²) in [6.07, 6.45) is 0.541. The summed E-state index contributed by atoms with van der Waals surface area (Å²) in [5, 5.41) is 9.12. The minimum Gasteiger partial charge on any atom is -0.396 e. The van der Waals surface area contributed by atoms with Crippen LogP contribution in [-0.2, 0) is 4.74 Å². The van der Waals surface area contributed by atoms with Gasteiger partial charge in [0, 0.05) is 22.7 Å². The second-order valence-corrected chi connectivity index (χ2v) is 8.39. The van der Waals surface area contributed by atoms with E-state index in [1.165, 1.54) is 22.7 Å². The zero-order valence-electron chi connectivity index (χ0n) is 17.4. The van der Waals surface area contributed by atoms with Crippen LogP contribution in [0.1, 0.15) is 55.3 Å². The number of rotatable bonds is 4. The van der Waals surface area contributed by atoms with Crippen LogP contribution in [0.15, 0.2) is 42.5 Å². The number of primary amides is 1. The van der Waals surface area contributed by atoms with Crippen molar-refractivity contribution in [3.8, 4) is 5.69 Å². The molecule has 0 unspecified atom stereocenters. The minimum atomic E-state index is -0.936. The van der Waals surface area contributed by atoms with Gasteiger partial charge < -0.3 is 15.0 Å². The van der Waals surface area contributed by atoms with Crippen molar-refractivity contribution in [2.45, 2.75) is 45.4 Å². The van der Waals surface area contributed by atoms with Crippen molar-refractivity contribution in [3.63, 3.8) is 0 Å². The highest BCUT2D eigenvalue weighted by molar-refractivity contribution is 5.90. The zero-order valence-corrected chi connectivity index (χ0v) is 17.4. The number of carbonyl (C=O) groups excluding carboxylic acids is 1. The van der Waals surface area contributed by atoms with E-state index >= 15 is 0 Å². The van der Waals surface area contributed by atoms with Crippen molar-refractivity contribution in [1.82, 2.24) is 4.57 Å². The SMILES string of the molecule is Cc1cc(-n2c(C(C)C)c(C3CC(C(=N)OC(N)=O)C3)c3ccccc32)ccc1F. The van der Waals surface area contributed by atoms with E-state index < -0.39 is 6.09 Å². The predicted molar refractivity (Wildman–Crippen MR) is 116 cm³/mol. The normalized spacial score (nSPS) is 18.4. The molecule has 0 spiro atoms. The van der Waals surface area contributed by atoms with Gasteiger partial charge in [-0.1, -0.05) is 32.0 Å². The maximum atomic E-state index is 13.9. The van der Waals surface area contributed by atoms with E-state index in [0.29, 0.717) is 5.56 Å². The molecule has 1 saturated carbocycles. The Morgan fingerprint density at radius 3 is 2.57 bits per heavy atom. The van der Waals surface area contributed by atoms with Gasteiger partial charge in [0.25, 0.3) is 0 Å². The van der Waals surface area contributed by atoms with Crippen molar-refractivity contribution in [2.24, 2.45) is 11.7 Å². The number of hydrogen-bond donors (Lipinski definition) is 2. The first-order valence-corrected chi connectivity index (χ1v) is 10.2. The summed E-state index contributed by atoms with van der Waals surface area (Å²) in [7, 11) is 0. The van der Waals surface area contributed by atoms with Gasteiger partial charge >= 0.3 is 6.09 Å². The van der Waals surface area contributed by atoms with Gasteiger partial charge in [0.15, 0.2) is 5.90 Å². The third-order valence-electron chi connectivity index (χ3n) is 6.03. The fraction of sp³-hybridized carbons (Fsp3) is 0.333. The lowest BCUT2D eigenvalue weighted by Gasteiger charge is -2.36. The summed E-state index contributed by atoms with van der Waals surface area (Å²) in [5.74, 6) is 0.145. The molecule has 156 valence electrons. The molecular weight excluding hydrogens is 381 g/mol. The van der Waals surface area contributed by atoms with E-state index in [4.69, 9.17) is 15.9 Å². The molecule has 0 aliphatic heterocycles. The molecular formula is C24H26FN3O2. The van der Waals surface area contributed by atoms with Gasteiger partial charge in [-0.25, -0.2) is 9.18 Å². The Morgan fingerprint density at radius 2 is 1.93 bits per heavy atom. The second kappa shape index (κ2) is 7.59. The maximum Gasteiger partial charge on any atom is 0.411 e. The van der Waals surface area contributed by atoms with E-state index in [9.17, 15) is 9.18 Å². The molecule has 1 aliphatic rings. The monoisotopic (exact) mass is 407 g/mol. The standard InChI is InChI=1S/C24H26FN3O2/c1-13(2)22-21(15-11-16(12-15)23(26)30-24(27)29)18-6-4-5-7-20(18)28(22)17-8-9-19(25)14(3)10-17/h4-10,13,15-16,26H,11-12H2,1-3H3,(H2,27,29). The molecule has 3 N–H and O–H groups in total. The minimum absolute atomic E-state index is 0.0530. The molecule has 5 nitrogen and oxygen atoms in total. The Balaban J connectivity index is 1.81. The van der Waals surface area contributed by atoms with E-state index in [1.807, 2.05) is 24.3 Å². The summed E-state index contributed by atoms with van der Waals surface area (Å²) in [4.78, 5) is 11.0. The van der Waals surface area contributed by atoms with Crippen LogP contribution in [0.4, 0.5) is 9.18 Å². The van der Waals surface area contributed by atoms with Crippen LogP contribution in [0.5, 0.6) is 0 Å². The van der Waals surface area contributed by atoms with Crippen LogP contribution in [0.3, 0.4) is 0 Å². The third-order valence-corrected chi connectivity index (χ3v) is 6.03. The number of benzene rings is 2. The number of fused-ring (bicyclic) bond motifs is 1. The lowest BCUT2D eigenvalue weighted by molar-refractivity contribution is 0.196. The highest BCUT2D eigenvalue weighted by atomic mass is 19.1. The van der Waals surface area contributed by atoms with Crippen LogP contribution in [0.2, 0.25) is 0 Å². The summed E-state index contributed by atoms with van der Waals surface area (Å²) in [5.41, 5.74) is 10.2. The summed E-state index contributed by atoms with van der Waals surface area (Å²) in [6, 6.07) is 13.5. The van der Waals surface area contributed by atoms with Crippen molar-refractivity contribution >= 4 is 22.9 Å². The lowest BCUT2D eigenvalue weighted by Crippen LogP contribution is -2.33. The Hall–Kier alpha value is -3.15. The smallest absolute Gasteiger partial charge is 0.396 e. The molecule has 0 saturated heterocycles. The number of nitrogens with zero attached hydrogens (tertiary/aromatic N) is 1. The van der Waals surface area contributed by atoms with Crippen LogP contribution in [0.25, 0.3) is 16.6 Å². The number of carbonyl (C=O) groups is 1. The molecule has 3 aromatic rings. The molecule has 4 rings (SSSR count). The summed E-state index contributed by atoms with van der Waals surface area (Å²) < 4.78 is 20.9. The largest absolute Gasteiger partial charge is 0.411 e. The van der Waals surface area contributed by atoms with Gasteiger partial charge in [0.2, 0.25) is 0 Å². The molecule has 1 heterocycles. The van der Waals surface area contributed by atoms with E-state index in [1.54, 1.807) is 6.92 Å². The Labute approximate surface area is 175 Å². The van der Waals surface area contributed by atoms with Gasteiger partial charge in [-0.05, 0) is 67.0 Å². The number of aryl methyl sites for hydroxylation is 1. The lowest BCUT2D eigenvalue weighted by atomic mass is 9.70. The first kappa shape index (κ1) is 20.1. The fourth-order valence-corrected chi connectivity index (χ4v) is 4.59. The molecule has 0 atom stereocenters. The summed E-state index contributed by atoms with van der Waals surface area (Å²) in [6.45, 7) is 6.11. The number of halogens is 1. The fourth-order valence-electron chi connectivity index (χ4n) is 4.59. The highest BCUT2D eigenvalue weighted by Gasteiger charge is 2.38. The van der Waals surface area contributed by atoms with Crippen LogP contribution < -0.4 is 5.73 Å². The second-order valence-electron chi connectivity index (χ2n) is 8.39. The van der Waals surface area contributed by atoms with Gasteiger partial charge in [0.05, 0.1) is 5.52 Å². The average Bonchev–Trinajstić information content (AvgIpc) is 2.98. The zero-order chi connectivity index (χ0) is 21.6.